The van der Waals surface area contributed by atoms with E-state index in [2.05, 4.69) is 22.8 Å². The number of hydrogen-bond donors (Lipinski definition) is 2. The molecule has 5 heteroatoms. The Morgan fingerprint density at radius 2 is 2.00 bits per heavy atom. The average Bonchev–Trinajstić information content (AvgIpc) is 2.26. The third kappa shape index (κ3) is 6.71. The van der Waals surface area contributed by atoms with Crippen molar-refractivity contribution < 1.29 is 4.79 Å². The van der Waals surface area contributed by atoms with Crippen molar-refractivity contribution in [2.24, 2.45) is 0 Å². The van der Waals surface area contributed by atoms with E-state index < -0.39 is 0 Å². The number of carbonyl (C=O) groups is 1. The smallest absolute Gasteiger partial charge is 0.233 e. The van der Waals surface area contributed by atoms with Crippen LogP contribution in [0.1, 0.15) is 0 Å². The van der Waals surface area contributed by atoms with Crippen LogP contribution in [0, 0.1) is 0 Å². The highest BCUT2D eigenvalue weighted by Gasteiger charge is 1.97. The molecule has 0 saturated heterocycles. The van der Waals surface area contributed by atoms with Gasteiger partial charge in [0.15, 0.2) is 0 Å². The highest BCUT2D eigenvalue weighted by molar-refractivity contribution is 7.99. The van der Waals surface area contributed by atoms with Gasteiger partial charge in [0.05, 0.1) is 6.54 Å². The van der Waals surface area contributed by atoms with Crippen LogP contribution in [0.3, 0.4) is 0 Å². The fourth-order valence-electron chi connectivity index (χ4n) is 1.10. The van der Waals surface area contributed by atoms with Gasteiger partial charge in [-0.15, -0.1) is 24.2 Å². The molecule has 0 aliphatic rings. The van der Waals surface area contributed by atoms with E-state index in [1.165, 1.54) is 4.90 Å². The topological polar surface area (TPSA) is 41.1 Å². The molecule has 0 aliphatic heterocycles. The van der Waals surface area contributed by atoms with E-state index in [9.17, 15) is 4.79 Å². The molecule has 1 aromatic rings. The minimum atomic E-state index is 0. The van der Waals surface area contributed by atoms with Gasteiger partial charge in [0, 0.05) is 17.2 Å². The maximum Gasteiger partial charge on any atom is 0.233 e. The van der Waals surface area contributed by atoms with Crippen LogP contribution >= 0.6 is 24.2 Å². The summed E-state index contributed by atoms with van der Waals surface area (Å²) in [5.74, 6) is 0.950. The molecule has 0 atom stereocenters. The van der Waals surface area contributed by atoms with Gasteiger partial charge in [-0.3, -0.25) is 4.79 Å². The second-order valence-corrected chi connectivity index (χ2v) is 4.21. The Morgan fingerprint density at radius 3 is 2.62 bits per heavy atom. The zero-order chi connectivity index (χ0) is 10.9. The Bertz CT molecular complexity index is 295. The summed E-state index contributed by atoms with van der Waals surface area (Å²) in [6, 6.07) is 10.2. The van der Waals surface area contributed by atoms with Crippen LogP contribution in [0.25, 0.3) is 0 Å². The maximum absolute atomic E-state index is 11.1. The summed E-state index contributed by atoms with van der Waals surface area (Å²) in [4.78, 5) is 12.3. The summed E-state index contributed by atoms with van der Waals surface area (Å²) >= 11 is 1.75. The van der Waals surface area contributed by atoms with E-state index >= 15 is 0 Å². The van der Waals surface area contributed by atoms with Crippen LogP contribution in [-0.4, -0.2) is 31.8 Å². The molecule has 90 valence electrons. The van der Waals surface area contributed by atoms with Gasteiger partial charge in [-0.1, -0.05) is 18.2 Å². The summed E-state index contributed by atoms with van der Waals surface area (Å²) in [5, 5.41) is 5.64. The first-order chi connectivity index (χ1) is 7.33. The lowest BCUT2D eigenvalue weighted by atomic mass is 10.4. The van der Waals surface area contributed by atoms with Gasteiger partial charge in [0.1, 0.15) is 0 Å². The molecule has 0 saturated carbocycles. The molecule has 0 radical (unpaired) electrons. The summed E-state index contributed by atoms with van der Waals surface area (Å²) in [5.41, 5.74) is 0. The van der Waals surface area contributed by atoms with E-state index in [1.807, 2.05) is 18.2 Å². The van der Waals surface area contributed by atoms with Crippen LogP contribution < -0.4 is 10.6 Å². The minimum Gasteiger partial charge on any atom is -0.354 e. The minimum absolute atomic E-state index is 0. The zero-order valence-corrected chi connectivity index (χ0v) is 10.9. The van der Waals surface area contributed by atoms with Crippen molar-refractivity contribution >= 4 is 30.1 Å². The Labute approximate surface area is 107 Å². The van der Waals surface area contributed by atoms with E-state index in [0.717, 1.165) is 5.75 Å². The second kappa shape index (κ2) is 9.51. The lowest BCUT2D eigenvalue weighted by Gasteiger charge is -2.04. The number of carbonyl (C=O) groups excluding carboxylic acids is 1. The largest absolute Gasteiger partial charge is 0.354 e. The van der Waals surface area contributed by atoms with Gasteiger partial charge >= 0.3 is 0 Å². The zero-order valence-electron chi connectivity index (χ0n) is 9.23. The molecule has 1 rings (SSSR count). The van der Waals surface area contributed by atoms with Gasteiger partial charge in [0.25, 0.3) is 0 Å². The van der Waals surface area contributed by atoms with Gasteiger partial charge in [-0.05, 0) is 19.2 Å². The molecule has 0 unspecified atom stereocenters. The van der Waals surface area contributed by atoms with Crippen molar-refractivity contribution in [3.8, 4) is 0 Å². The van der Waals surface area contributed by atoms with Crippen LogP contribution in [-0.2, 0) is 4.79 Å². The van der Waals surface area contributed by atoms with Gasteiger partial charge < -0.3 is 10.6 Å². The van der Waals surface area contributed by atoms with Crippen LogP contribution in [0.15, 0.2) is 35.2 Å². The molecule has 0 aliphatic carbocycles. The van der Waals surface area contributed by atoms with Gasteiger partial charge in [0.2, 0.25) is 5.91 Å². The first-order valence-electron chi connectivity index (χ1n) is 4.92. The van der Waals surface area contributed by atoms with Crippen LogP contribution in [0.2, 0.25) is 0 Å². The summed E-state index contributed by atoms with van der Waals surface area (Å²) < 4.78 is 0. The SMILES string of the molecule is CNCC(=O)NCCSc1ccccc1.Cl. The van der Waals surface area contributed by atoms with E-state index in [-0.39, 0.29) is 18.3 Å². The highest BCUT2D eigenvalue weighted by Crippen LogP contribution is 2.15. The number of benzene rings is 1. The molecular weight excluding hydrogens is 244 g/mol. The number of hydrogen-bond acceptors (Lipinski definition) is 3. The predicted octanol–water partition coefficient (Wildman–Crippen LogP) is 1.54. The molecule has 0 heterocycles. The molecule has 0 fully saturated rings. The van der Waals surface area contributed by atoms with Crippen molar-refractivity contribution in [1.82, 2.24) is 10.6 Å². The lowest BCUT2D eigenvalue weighted by molar-refractivity contribution is -0.120. The van der Waals surface area contributed by atoms with Crippen molar-refractivity contribution in [3.63, 3.8) is 0 Å². The summed E-state index contributed by atoms with van der Waals surface area (Å²) in [6.45, 7) is 1.09. The lowest BCUT2D eigenvalue weighted by Crippen LogP contribution is -2.33. The van der Waals surface area contributed by atoms with Gasteiger partial charge in [-0.25, -0.2) is 0 Å². The van der Waals surface area contributed by atoms with Crippen LogP contribution in [0.5, 0.6) is 0 Å². The highest BCUT2D eigenvalue weighted by atomic mass is 35.5. The molecule has 2 N–H and O–H groups in total. The number of nitrogens with one attached hydrogen (secondary N) is 2. The molecular formula is C11H17ClN2OS. The number of amides is 1. The standard InChI is InChI=1S/C11H16N2OS.ClH/c1-12-9-11(14)13-7-8-15-10-5-3-2-4-6-10;/h2-6,12H,7-9H2,1H3,(H,13,14);1H. The molecule has 1 aromatic carbocycles. The Kier molecular flexibility index (Phi) is 9.09. The first kappa shape index (κ1) is 15.3. The Morgan fingerprint density at radius 1 is 1.31 bits per heavy atom. The normalized spacial score (nSPS) is 9.31. The summed E-state index contributed by atoms with van der Waals surface area (Å²) in [7, 11) is 1.76. The average molecular weight is 261 g/mol. The Hall–Kier alpha value is -0.710. The molecule has 3 nitrogen and oxygen atoms in total. The monoisotopic (exact) mass is 260 g/mol. The molecule has 0 bridgehead atoms. The maximum atomic E-state index is 11.1. The molecule has 0 aromatic heterocycles. The third-order valence-corrected chi connectivity index (χ3v) is 2.79. The molecule has 1 amide bonds. The van der Waals surface area contributed by atoms with Crippen molar-refractivity contribution in [2.75, 3.05) is 25.9 Å². The van der Waals surface area contributed by atoms with Crippen molar-refractivity contribution in [2.45, 2.75) is 4.90 Å². The number of thioether (sulfide) groups is 1. The second-order valence-electron chi connectivity index (χ2n) is 3.04. The first-order valence-corrected chi connectivity index (χ1v) is 5.90. The summed E-state index contributed by atoms with van der Waals surface area (Å²) in [6.07, 6.45) is 0. The third-order valence-electron chi connectivity index (χ3n) is 1.77. The van der Waals surface area contributed by atoms with Crippen LogP contribution in [0.4, 0.5) is 0 Å². The quantitative estimate of drug-likeness (QED) is 0.602. The fraction of sp³-hybridized carbons (Fsp3) is 0.364. The fourth-order valence-corrected chi connectivity index (χ4v) is 1.89. The van der Waals surface area contributed by atoms with Crippen molar-refractivity contribution in [3.05, 3.63) is 30.3 Å². The number of halogens is 1. The Balaban J connectivity index is 0.00000225. The van der Waals surface area contributed by atoms with E-state index in [0.29, 0.717) is 13.1 Å². The van der Waals surface area contributed by atoms with Crippen molar-refractivity contribution in [1.29, 1.82) is 0 Å². The molecule has 0 spiro atoms. The van der Waals surface area contributed by atoms with E-state index in [1.54, 1.807) is 18.8 Å². The molecule has 16 heavy (non-hydrogen) atoms. The van der Waals surface area contributed by atoms with E-state index in [4.69, 9.17) is 0 Å². The van der Waals surface area contributed by atoms with Gasteiger partial charge in [-0.2, -0.15) is 0 Å². The number of rotatable bonds is 6. The number of likely N-dealkylation sites (N-methyl/N-ethyl adjacent to an activating group) is 1. The predicted molar refractivity (Wildman–Crippen MR) is 71.4 cm³/mol.